The summed E-state index contributed by atoms with van der Waals surface area (Å²) in [6.45, 7) is 4.43. The van der Waals surface area contributed by atoms with Crippen LogP contribution in [0.15, 0.2) is 51.8 Å². The molecule has 3 nitrogen and oxygen atoms in total. The lowest BCUT2D eigenvalue weighted by molar-refractivity contribution is 0.474. The molecule has 0 aliphatic heterocycles. The van der Waals surface area contributed by atoms with Crippen molar-refractivity contribution in [3.05, 3.63) is 48.0 Å². The molecule has 0 aliphatic rings. The Morgan fingerprint density at radius 1 is 1.26 bits per heavy atom. The van der Waals surface area contributed by atoms with Gasteiger partial charge in [0, 0.05) is 17.5 Å². The highest BCUT2D eigenvalue weighted by Gasteiger charge is 2.06. The Morgan fingerprint density at radius 3 is 2.87 bits per heavy atom. The first-order chi connectivity index (χ1) is 11.1. The van der Waals surface area contributed by atoms with Crippen LogP contribution in [-0.2, 0) is 0 Å². The van der Waals surface area contributed by atoms with E-state index in [4.69, 9.17) is 0 Å². The van der Waals surface area contributed by atoms with Crippen molar-refractivity contribution in [3.63, 3.8) is 0 Å². The van der Waals surface area contributed by atoms with Crippen molar-refractivity contribution >= 4 is 45.2 Å². The van der Waals surface area contributed by atoms with Crippen molar-refractivity contribution in [3.8, 4) is 5.75 Å². The van der Waals surface area contributed by atoms with Gasteiger partial charge in [-0.2, -0.15) is 0 Å². The molecular formula is C18H18N2OS2. The van der Waals surface area contributed by atoms with Crippen molar-refractivity contribution in [2.24, 2.45) is 10.9 Å². The van der Waals surface area contributed by atoms with Gasteiger partial charge in [-0.1, -0.05) is 37.7 Å². The second-order valence-electron chi connectivity index (χ2n) is 5.65. The van der Waals surface area contributed by atoms with Gasteiger partial charge in [0.15, 0.2) is 4.34 Å². The number of phenolic OH excluding ortho intramolecular Hbond substituents is 1. The molecule has 5 heteroatoms. The van der Waals surface area contributed by atoms with Crippen molar-refractivity contribution in [1.29, 1.82) is 0 Å². The van der Waals surface area contributed by atoms with Gasteiger partial charge in [0.2, 0.25) is 0 Å². The van der Waals surface area contributed by atoms with Crippen molar-refractivity contribution in [2.75, 3.05) is 5.75 Å². The SMILES string of the molecule is CC(C)CSc1nc2ccc(N=Cc3ccccc3O)cc2s1. The Hall–Kier alpha value is -1.85. The lowest BCUT2D eigenvalue weighted by Crippen LogP contribution is -1.89. The molecule has 0 radical (unpaired) electrons. The zero-order chi connectivity index (χ0) is 16.2. The molecule has 0 atom stereocenters. The predicted molar refractivity (Wildman–Crippen MR) is 101 cm³/mol. The molecular weight excluding hydrogens is 324 g/mol. The second kappa shape index (κ2) is 7.15. The van der Waals surface area contributed by atoms with E-state index in [1.165, 1.54) is 0 Å². The molecule has 0 saturated heterocycles. The molecule has 1 heterocycles. The summed E-state index contributed by atoms with van der Waals surface area (Å²) in [5.41, 5.74) is 2.60. The molecule has 0 saturated carbocycles. The molecule has 0 fully saturated rings. The van der Waals surface area contributed by atoms with Gasteiger partial charge < -0.3 is 5.11 Å². The lowest BCUT2D eigenvalue weighted by atomic mass is 10.2. The van der Waals surface area contributed by atoms with Gasteiger partial charge in [-0.15, -0.1) is 11.3 Å². The number of thioether (sulfide) groups is 1. The van der Waals surface area contributed by atoms with Gasteiger partial charge in [-0.3, -0.25) is 4.99 Å². The van der Waals surface area contributed by atoms with Crippen LogP contribution >= 0.6 is 23.1 Å². The molecule has 23 heavy (non-hydrogen) atoms. The van der Waals surface area contributed by atoms with E-state index in [0.717, 1.165) is 26.0 Å². The largest absolute Gasteiger partial charge is 0.507 e. The molecule has 3 aromatic rings. The molecule has 0 amide bonds. The first-order valence-electron chi connectivity index (χ1n) is 7.47. The van der Waals surface area contributed by atoms with Crippen molar-refractivity contribution < 1.29 is 5.11 Å². The van der Waals surface area contributed by atoms with E-state index in [0.29, 0.717) is 11.5 Å². The average Bonchev–Trinajstić information content (AvgIpc) is 2.94. The van der Waals surface area contributed by atoms with Crippen LogP contribution in [0.4, 0.5) is 5.69 Å². The summed E-state index contributed by atoms with van der Waals surface area (Å²) >= 11 is 3.52. The maximum Gasteiger partial charge on any atom is 0.151 e. The number of aromatic nitrogens is 1. The number of benzene rings is 2. The first-order valence-corrected chi connectivity index (χ1v) is 9.27. The fourth-order valence-corrected chi connectivity index (χ4v) is 4.09. The molecule has 0 bridgehead atoms. The standard InChI is InChI=1S/C18H18N2OS2/c1-12(2)11-22-18-20-15-8-7-14(9-17(15)23-18)19-10-13-5-3-4-6-16(13)21/h3-10,12,21H,11H2,1-2H3. The summed E-state index contributed by atoms with van der Waals surface area (Å²) in [5, 5.41) is 9.77. The summed E-state index contributed by atoms with van der Waals surface area (Å²) in [6.07, 6.45) is 1.69. The number of para-hydroxylation sites is 1. The Bertz CT molecular complexity index is 840. The summed E-state index contributed by atoms with van der Waals surface area (Å²) in [5.74, 6) is 1.98. The lowest BCUT2D eigenvalue weighted by Gasteiger charge is -1.99. The van der Waals surface area contributed by atoms with Crippen LogP contribution in [0.3, 0.4) is 0 Å². The minimum Gasteiger partial charge on any atom is -0.507 e. The highest BCUT2D eigenvalue weighted by Crippen LogP contribution is 2.32. The number of phenols is 1. The molecule has 0 unspecified atom stereocenters. The Balaban J connectivity index is 1.81. The van der Waals surface area contributed by atoms with Gasteiger partial charge in [0.1, 0.15) is 5.75 Å². The van der Waals surface area contributed by atoms with Crippen LogP contribution in [-0.4, -0.2) is 22.1 Å². The number of aromatic hydroxyl groups is 1. The average molecular weight is 342 g/mol. The smallest absolute Gasteiger partial charge is 0.151 e. The third kappa shape index (κ3) is 4.12. The van der Waals surface area contributed by atoms with Crippen LogP contribution < -0.4 is 0 Å². The van der Waals surface area contributed by atoms with E-state index in [2.05, 4.69) is 23.8 Å². The number of fused-ring (bicyclic) bond motifs is 1. The summed E-state index contributed by atoms with van der Waals surface area (Å²) < 4.78 is 2.25. The maximum absolute atomic E-state index is 9.77. The Morgan fingerprint density at radius 2 is 2.09 bits per heavy atom. The molecule has 1 N–H and O–H groups in total. The molecule has 0 spiro atoms. The fraction of sp³-hybridized carbons (Fsp3) is 0.222. The van der Waals surface area contributed by atoms with Gasteiger partial charge in [0.25, 0.3) is 0 Å². The maximum atomic E-state index is 9.77. The number of hydrogen-bond acceptors (Lipinski definition) is 5. The number of hydrogen-bond donors (Lipinski definition) is 1. The molecule has 118 valence electrons. The molecule has 3 rings (SSSR count). The zero-order valence-electron chi connectivity index (χ0n) is 13.1. The number of nitrogens with zero attached hydrogens (tertiary/aromatic N) is 2. The number of thiazole rings is 1. The van der Waals surface area contributed by atoms with Crippen LogP contribution in [0.25, 0.3) is 10.2 Å². The van der Waals surface area contributed by atoms with Crippen LogP contribution in [0.2, 0.25) is 0 Å². The van der Waals surface area contributed by atoms with Crippen LogP contribution in [0.1, 0.15) is 19.4 Å². The second-order valence-corrected chi connectivity index (χ2v) is 7.95. The highest BCUT2D eigenvalue weighted by atomic mass is 32.2. The normalized spacial score (nSPS) is 11.8. The van der Waals surface area contributed by atoms with Gasteiger partial charge in [-0.05, 0) is 36.2 Å². The molecule has 0 aliphatic carbocycles. The van der Waals surface area contributed by atoms with E-state index < -0.39 is 0 Å². The number of aliphatic imine (C=N–C) groups is 1. The Kier molecular flexibility index (Phi) is 4.98. The van der Waals surface area contributed by atoms with Gasteiger partial charge in [0.05, 0.1) is 15.9 Å². The van der Waals surface area contributed by atoms with E-state index in [9.17, 15) is 5.11 Å². The quantitative estimate of drug-likeness (QED) is 0.492. The zero-order valence-corrected chi connectivity index (χ0v) is 14.7. The minimum atomic E-state index is 0.238. The van der Waals surface area contributed by atoms with Crippen LogP contribution in [0.5, 0.6) is 5.75 Å². The minimum absolute atomic E-state index is 0.238. The monoisotopic (exact) mass is 342 g/mol. The first kappa shape index (κ1) is 16.0. The predicted octanol–water partition coefficient (Wildman–Crippen LogP) is 5.50. The third-order valence-electron chi connectivity index (χ3n) is 3.18. The van der Waals surface area contributed by atoms with E-state index in [1.807, 2.05) is 42.1 Å². The number of rotatable bonds is 5. The highest BCUT2D eigenvalue weighted by molar-refractivity contribution is 8.01. The summed E-state index contributed by atoms with van der Waals surface area (Å²) in [4.78, 5) is 9.11. The van der Waals surface area contributed by atoms with Crippen LogP contribution in [0, 0.1) is 5.92 Å². The van der Waals surface area contributed by atoms with E-state index in [1.54, 1.807) is 29.7 Å². The third-order valence-corrected chi connectivity index (χ3v) is 5.77. The van der Waals surface area contributed by atoms with Gasteiger partial charge in [-0.25, -0.2) is 4.98 Å². The van der Waals surface area contributed by atoms with E-state index in [-0.39, 0.29) is 5.75 Å². The van der Waals surface area contributed by atoms with Gasteiger partial charge >= 0.3 is 0 Å². The fourth-order valence-electron chi connectivity index (χ4n) is 2.01. The summed E-state index contributed by atoms with van der Waals surface area (Å²) in [7, 11) is 0. The molecule has 1 aromatic heterocycles. The summed E-state index contributed by atoms with van der Waals surface area (Å²) in [6, 6.07) is 13.2. The van der Waals surface area contributed by atoms with E-state index >= 15 is 0 Å². The topological polar surface area (TPSA) is 45.5 Å². The molecule has 2 aromatic carbocycles. The van der Waals surface area contributed by atoms with Crippen molar-refractivity contribution in [2.45, 2.75) is 18.2 Å². The van der Waals surface area contributed by atoms with Crippen molar-refractivity contribution in [1.82, 2.24) is 4.98 Å². The Labute approximate surface area is 144 Å².